The predicted octanol–water partition coefficient (Wildman–Crippen LogP) is 1.79. The molecule has 1 aliphatic rings. The molecule has 1 atom stereocenters. The monoisotopic (exact) mass is 236 g/mol. The van der Waals surface area contributed by atoms with Crippen LogP contribution in [0.4, 0.5) is 4.79 Å². The number of alkyl carbamates (subject to hydrolysis) is 1. The fraction of sp³-hybridized carbons (Fsp3) is 0.417. The second kappa shape index (κ2) is 4.43. The lowest BCUT2D eigenvalue weighted by Crippen LogP contribution is -2.21. The molecule has 1 amide bonds. The Labute approximate surface area is 116 Å². The van der Waals surface area contributed by atoms with Crippen LogP contribution in [0.25, 0.3) is 0 Å². The lowest BCUT2D eigenvalue weighted by molar-refractivity contribution is 0.105. The van der Waals surface area contributed by atoms with Crippen LogP contribution in [0.3, 0.4) is 0 Å². The highest BCUT2D eigenvalue weighted by Crippen LogP contribution is 2.16. The van der Waals surface area contributed by atoms with Crippen LogP contribution in [0.2, 0.25) is 1.41 Å². The Hall–Kier alpha value is -1.71. The van der Waals surface area contributed by atoms with Crippen molar-refractivity contribution in [3.63, 3.8) is 0 Å². The molecule has 1 fully saturated rings. The highest BCUT2D eigenvalue weighted by Gasteiger charge is 2.22. The van der Waals surface area contributed by atoms with Gasteiger partial charge in [0.2, 0.25) is 0 Å². The molecule has 1 aromatic carbocycles. The molecule has 1 aliphatic heterocycles. The van der Waals surface area contributed by atoms with Crippen LogP contribution >= 0.6 is 0 Å². The number of cyclic esters (lactones) is 1. The Morgan fingerprint density at radius 3 is 3.12 bits per heavy atom. The molecule has 1 aromatic rings. The Kier molecular flexibility index (Phi) is 0.761. The number of benzene rings is 1. The van der Waals surface area contributed by atoms with Crippen LogP contribution in [0.5, 0.6) is 5.75 Å². The molecule has 1 heterocycles. The fourth-order valence-corrected chi connectivity index (χ4v) is 0.867. The second-order valence-electron chi connectivity index (χ2n) is 2.58. The topological polar surface area (TPSA) is 47.6 Å². The summed E-state index contributed by atoms with van der Waals surface area (Å²) in [5.41, 5.74) is -2.35. The maximum atomic E-state index is 11.5. The number of carbonyl (C=O) groups excluding carboxylic acids is 1. The largest absolute Gasteiger partial charge is 0.490 e. The Morgan fingerprint density at radius 1 is 1.81 bits per heavy atom. The van der Waals surface area contributed by atoms with E-state index in [1.54, 1.807) is 0 Å². The molecule has 4 heteroatoms. The molecule has 16 heavy (non-hydrogen) atoms. The van der Waals surface area contributed by atoms with Gasteiger partial charge >= 0.3 is 6.09 Å². The van der Waals surface area contributed by atoms with E-state index in [-0.39, 0.29) is 0 Å². The van der Waals surface area contributed by atoms with Gasteiger partial charge in [-0.15, -0.1) is 0 Å². The average Bonchev–Trinajstić information content (AvgIpc) is 2.69. The first-order valence-corrected chi connectivity index (χ1v) is 3.97. The molecule has 0 spiro atoms. The van der Waals surface area contributed by atoms with Gasteiger partial charge in [0.25, 0.3) is 0 Å². The first kappa shape index (κ1) is 2.75. The van der Waals surface area contributed by atoms with Crippen molar-refractivity contribution in [1.29, 1.82) is 0 Å². The smallest absolute Gasteiger partial charge is 0.407 e. The van der Waals surface area contributed by atoms with Crippen molar-refractivity contribution in [2.45, 2.75) is 19.8 Å². The summed E-state index contributed by atoms with van der Waals surface area (Å²) >= 11 is 0. The molecule has 0 radical (unpaired) electrons. The summed E-state index contributed by atoms with van der Waals surface area (Å²) in [4.78, 5) is 11.5. The van der Waals surface area contributed by atoms with Crippen LogP contribution in [0.15, 0.2) is 18.1 Å². The molecule has 2 rings (SSSR count). The van der Waals surface area contributed by atoms with Gasteiger partial charge in [-0.2, -0.15) is 0 Å². The van der Waals surface area contributed by atoms with Crippen LogP contribution in [-0.4, -0.2) is 25.2 Å². The predicted molar refractivity (Wildman–Crippen MR) is 59.7 cm³/mol. The number of ether oxygens (including phenoxy) is 2. The van der Waals surface area contributed by atoms with Crippen LogP contribution in [0.1, 0.15) is 30.3 Å². The van der Waals surface area contributed by atoms with Gasteiger partial charge in [-0.3, -0.25) is 0 Å². The third-order valence-corrected chi connectivity index (χ3v) is 1.41. The van der Waals surface area contributed by atoms with E-state index in [0.717, 1.165) is 0 Å². The third-order valence-electron chi connectivity index (χ3n) is 1.41. The average molecular weight is 236 g/mol. The number of hydrogen-bond donors (Lipinski definition) is 1. The molecule has 4 nitrogen and oxygen atoms in total. The number of hydrogen-bond acceptors (Lipinski definition) is 3. The number of carbonyl (C=O) groups is 1. The molecular formula is C12H15NO3. The first-order chi connectivity index (χ1) is 13.6. The molecule has 86 valence electrons. The van der Waals surface area contributed by atoms with Gasteiger partial charge in [0.05, 0.1) is 17.5 Å². The Balaban J connectivity index is 2.79. The summed E-state index contributed by atoms with van der Waals surface area (Å²) in [7, 11) is 0. The van der Waals surface area contributed by atoms with Crippen molar-refractivity contribution in [2.75, 3.05) is 13.1 Å². The fourth-order valence-electron chi connectivity index (χ4n) is 0.867. The van der Waals surface area contributed by atoms with Gasteiger partial charge in [-0.1, -0.05) is 6.04 Å². The van der Waals surface area contributed by atoms with Gasteiger partial charge in [-0.05, 0) is 36.9 Å². The lowest BCUT2D eigenvalue weighted by atomic mass is 10.1. The van der Waals surface area contributed by atoms with E-state index in [1.165, 1.54) is 0 Å². The van der Waals surface area contributed by atoms with E-state index in [1.807, 2.05) is 0 Å². The third kappa shape index (κ3) is 2.66. The van der Waals surface area contributed by atoms with Crippen molar-refractivity contribution < 1.29 is 34.9 Å². The summed E-state index contributed by atoms with van der Waals surface area (Å²) in [6, 6.07) is -3.70. The van der Waals surface area contributed by atoms with Crippen LogP contribution < -0.4 is 10.0 Å². The van der Waals surface area contributed by atoms with E-state index >= 15 is 0 Å². The molecule has 0 aromatic heterocycles. The lowest BCUT2D eigenvalue weighted by Gasteiger charge is -2.11. The van der Waals surface area contributed by atoms with E-state index in [0.29, 0.717) is 0 Å². The van der Waals surface area contributed by atoms with E-state index in [4.69, 9.17) is 25.3 Å². The zero-order valence-corrected chi connectivity index (χ0v) is 7.67. The molecule has 0 saturated carbocycles. The van der Waals surface area contributed by atoms with Crippen molar-refractivity contribution in [1.82, 2.24) is 5.31 Å². The molecule has 0 bridgehead atoms. The molecule has 0 aliphatic carbocycles. The zero-order chi connectivity index (χ0) is 24.5. The summed E-state index contributed by atoms with van der Waals surface area (Å²) in [6.45, 7) is -13.7. The van der Waals surface area contributed by atoms with E-state index in [2.05, 4.69) is 4.74 Å². The van der Waals surface area contributed by atoms with Gasteiger partial charge in [0.15, 0.2) is 7.49 Å². The Morgan fingerprint density at radius 2 is 2.56 bits per heavy atom. The van der Waals surface area contributed by atoms with E-state index in [9.17, 15) is 4.79 Å². The quantitative estimate of drug-likeness (QED) is 0.870. The SMILES string of the molecule is [2H]c1c(OC([2H])([2H])C2([2H])OC(=O)N([2H])C2([2H])[2H])c([2H])c(C([2H])([2H])[2H])c([2H])c1C([2H])([2H])[2H]. The summed E-state index contributed by atoms with van der Waals surface area (Å²) in [5, 5.41) is -0.473. The first-order valence-electron chi connectivity index (χ1n) is 11.4. The summed E-state index contributed by atoms with van der Waals surface area (Å²) < 4.78 is 124. The minimum absolute atomic E-state index is 0.473. The number of amides is 1. The van der Waals surface area contributed by atoms with Crippen molar-refractivity contribution in [3.05, 3.63) is 29.3 Å². The molecule has 1 saturated heterocycles. The van der Waals surface area contributed by atoms with Crippen molar-refractivity contribution >= 4 is 6.09 Å². The van der Waals surface area contributed by atoms with Gasteiger partial charge in [0.1, 0.15) is 12.3 Å². The normalized spacial score (nSPS) is 43.6. The summed E-state index contributed by atoms with van der Waals surface area (Å²) in [5.74, 6) is -1.32. The minimum atomic E-state index is -3.75. The van der Waals surface area contributed by atoms with Gasteiger partial charge < -0.3 is 14.8 Å². The number of nitrogens with one attached hydrogen (secondary N) is 1. The molecule has 1 unspecified atom stereocenters. The number of rotatable bonds is 3. The van der Waals surface area contributed by atoms with E-state index < -0.39 is 79.2 Å². The Bertz CT molecular complexity index is 882. The van der Waals surface area contributed by atoms with Crippen LogP contribution in [0, 0.1) is 13.7 Å². The van der Waals surface area contributed by atoms with Crippen molar-refractivity contribution in [3.8, 4) is 5.75 Å². The standard InChI is InChI=1S/C12H15NO3/c1-8-3-9(2)5-10(4-8)15-7-11-6-13-12(14)16-11/h3-5,11H,6-7H2,1-2H3,(H,13,14)/i1D3,2D3,3D,4D,5D,6D2,7D2,11D/hD. The molecule has 1 N–H and O–H groups in total. The maximum absolute atomic E-state index is 11.5. The van der Waals surface area contributed by atoms with Gasteiger partial charge in [0, 0.05) is 8.22 Å². The summed E-state index contributed by atoms with van der Waals surface area (Å²) in [6.07, 6.45) is -5.35. The van der Waals surface area contributed by atoms with Crippen molar-refractivity contribution in [2.24, 2.45) is 0 Å². The maximum Gasteiger partial charge on any atom is 0.407 e. The minimum Gasteiger partial charge on any atom is -0.490 e. The zero-order valence-electron chi connectivity index (χ0n) is 22.7. The second-order valence-corrected chi connectivity index (χ2v) is 2.58. The highest BCUT2D eigenvalue weighted by molar-refractivity contribution is 5.69. The highest BCUT2D eigenvalue weighted by atomic mass is 16.6. The molecular weight excluding hydrogens is 206 g/mol. The van der Waals surface area contributed by atoms with Crippen LogP contribution in [-0.2, 0) is 4.74 Å². The van der Waals surface area contributed by atoms with Gasteiger partial charge in [-0.25, -0.2) is 4.79 Å².